The quantitative estimate of drug-likeness (QED) is 0.668. The summed E-state index contributed by atoms with van der Waals surface area (Å²) in [5.74, 6) is 1.78. The Kier molecular flexibility index (Phi) is 5.12. The third kappa shape index (κ3) is 4.01. The van der Waals surface area contributed by atoms with Gasteiger partial charge in [0.1, 0.15) is 10.8 Å². The van der Waals surface area contributed by atoms with E-state index in [9.17, 15) is 0 Å². The second-order valence-electron chi connectivity index (χ2n) is 5.43. The highest BCUT2D eigenvalue weighted by atomic mass is 32.1. The van der Waals surface area contributed by atoms with Crippen LogP contribution in [-0.4, -0.2) is 24.1 Å². The molecule has 1 aromatic carbocycles. The number of hydrogen-bond donors (Lipinski definition) is 2. The summed E-state index contributed by atoms with van der Waals surface area (Å²) >= 11 is 1.69. The Morgan fingerprint density at radius 2 is 2.30 bits per heavy atom. The molecule has 23 heavy (non-hydrogen) atoms. The lowest BCUT2D eigenvalue weighted by molar-refractivity contribution is 0.261. The van der Waals surface area contributed by atoms with Crippen molar-refractivity contribution in [2.45, 2.75) is 32.9 Å². The van der Waals surface area contributed by atoms with Gasteiger partial charge < -0.3 is 15.4 Å². The highest BCUT2D eigenvalue weighted by molar-refractivity contribution is 7.11. The summed E-state index contributed by atoms with van der Waals surface area (Å²) in [6.45, 7) is 6.28. The van der Waals surface area contributed by atoms with Gasteiger partial charge in [-0.1, -0.05) is 18.2 Å². The molecule has 1 aliphatic rings. The fourth-order valence-corrected chi connectivity index (χ4v) is 3.31. The van der Waals surface area contributed by atoms with Gasteiger partial charge in [-0.2, -0.15) is 0 Å². The van der Waals surface area contributed by atoms with Crippen molar-refractivity contribution in [3.8, 4) is 5.75 Å². The minimum Gasteiger partial charge on any atom is -0.493 e. The largest absolute Gasteiger partial charge is 0.493 e. The van der Waals surface area contributed by atoms with Gasteiger partial charge in [-0.25, -0.2) is 9.98 Å². The van der Waals surface area contributed by atoms with Crippen molar-refractivity contribution in [2.75, 3.05) is 13.2 Å². The Hall–Kier alpha value is -2.08. The minimum absolute atomic E-state index is 0.218. The highest BCUT2D eigenvalue weighted by Gasteiger charge is 2.21. The maximum absolute atomic E-state index is 5.72. The van der Waals surface area contributed by atoms with E-state index in [1.807, 2.05) is 24.4 Å². The van der Waals surface area contributed by atoms with Crippen LogP contribution < -0.4 is 15.4 Å². The molecule has 1 aromatic heterocycles. The molecule has 122 valence electrons. The molecule has 2 heterocycles. The number of fused-ring (bicyclic) bond motifs is 1. The Bertz CT molecular complexity index is 683. The Balaban J connectivity index is 1.72. The Morgan fingerprint density at radius 3 is 3.09 bits per heavy atom. The number of aliphatic imine (C=N–C) groups is 1. The van der Waals surface area contributed by atoms with Crippen LogP contribution in [0.5, 0.6) is 5.75 Å². The predicted octanol–water partition coefficient (Wildman–Crippen LogP) is 3.03. The molecular formula is C17H22N4OS. The lowest BCUT2D eigenvalue weighted by Crippen LogP contribution is -2.41. The first-order valence-electron chi connectivity index (χ1n) is 7.94. The molecule has 0 spiro atoms. The van der Waals surface area contributed by atoms with E-state index in [-0.39, 0.29) is 6.04 Å². The molecule has 0 amide bonds. The Morgan fingerprint density at radius 1 is 1.43 bits per heavy atom. The van der Waals surface area contributed by atoms with Gasteiger partial charge in [-0.05, 0) is 19.9 Å². The number of guanidine groups is 1. The molecule has 0 fully saturated rings. The SMILES string of the molecule is CCNC(=NCc1ncc(C)s1)NC1CCOc2ccccc21. The van der Waals surface area contributed by atoms with E-state index in [1.165, 1.54) is 10.4 Å². The summed E-state index contributed by atoms with van der Waals surface area (Å²) in [4.78, 5) is 10.2. The number of para-hydroxylation sites is 1. The van der Waals surface area contributed by atoms with Crippen LogP contribution in [-0.2, 0) is 6.54 Å². The number of aromatic nitrogens is 1. The first-order valence-corrected chi connectivity index (χ1v) is 8.76. The van der Waals surface area contributed by atoms with Gasteiger partial charge in [0.2, 0.25) is 0 Å². The Labute approximate surface area is 140 Å². The zero-order valence-corrected chi connectivity index (χ0v) is 14.3. The molecule has 2 N–H and O–H groups in total. The number of aryl methyl sites for hydroxylation is 1. The maximum atomic E-state index is 5.72. The first kappa shape index (κ1) is 15.8. The monoisotopic (exact) mass is 330 g/mol. The summed E-state index contributed by atoms with van der Waals surface area (Å²) in [5, 5.41) is 7.87. The summed E-state index contributed by atoms with van der Waals surface area (Å²) in [6.07, 6.45) is 2.82. The highest BCUT2D eigenvalue weighted by Crippen LogP contribution is 2.31. The number of rotatable bonds is 4. The summed E-state index contributed by atoms with van der Waals surface area (Å²) < 4.78 is 5.72. The van der Waals surface area contributed by atoms with Gasteiger partial charge in [0, 0.05) is 29.6 Å². The summed E-state index contributed by atoms with van der Waals surface area (Å²) in [5.41, 5.74) is 1.19. The number of thiazole rings is 1. The molecule has 5 nitrogen and oxygen atoms in total. The maximum Gasteiger partial charge on any atom is 0.192 e. The fraction of sp³-hybridized carbons (Fsp3) is 0.412. The zero-order valence-electron chi connectivity index (χ0n) is 13.5. The number of ether oxygens (including phenoxy) is 1. The van der Waals surface area contributed by atoms with E-state index in [4.69, 9.17) is 4.74 Å². The van der Waals surface area contributed by atoms with Crippen LogP contribution in [0.2, 0.25) is 0 Å². The van der Waals surface area contributed by atoms with Crippen molar-refractivity contribution in [3.05, 3.63) is 45.9 Å². The average Bonchev–Trinajstić information content (AvgIpc) is 2.99. The number of nitrogens with zero attached hydrogens (tertiary/aromatic N) is 2. The van der Waals surface area contributed by atoms with Crippen LogP contribution in [0.15, 0.2) is 35.5 Å². The third-order valence-electron chi connectivity index (χ3n) is 3.66. The zero-order chi connectivity index (χ0) is 16.1. The van der Waals surface area contributed by atoms with Crippen molar-refractivity contribution >= 4 is 17.3 Å². The van der Waals surface area contributed by atoms with Gasteiger partial charge in [0.15, 0.2) is 5.96 Å². The van der Waals surface area contributed by atoms with Gasteiger partial charge in [0.25, 0.3) is 0 Å². The molecule has 1 unspecified atom stereocenters. The molecule has 2 aromatic rings. The molecule has 6 heteroatoms. The van der Waals surface area contributed by atoms with Gasteiger partial charge >= 0.3 is 0 Å². The van der Waals surface area contributed by atoms with Crippen molar-refractivity contribution in [3.63, 3.8) is 0 Å². The van der Waals surface area contributed by atoms with Crippen molar-refractivity contribution in [2.24, 2.45) is 4.99 Å². The van der Waals surface area contributed by atoms with E-state index in [0.29, 0.717) is 6.54 Å². The van der Waals surface area contributed by atoms with Crippen molar-refractivity contribution in [1.82, 2.24) is 15.6 Å². The molecule has 1 aliphatic heterocycles. The molecule has 3 rings (SSSR count). The van der Waals surface area contributed by atoms with Crippen molar-refractivity contribution in [1.29, 1.82) is 0 Å². The van der Waals surface area contributed by atoms with Crippen LogP contribution in [0.25, 0.3) is 0 Å². The number of hydrogen-bond acceptors (Lipinski definition) is 4. The smallest absolute Gasteiger partial charge is 0.192 e. The standard InChI is InChI=1S/C17H22N4OS/c1-3-18-17(20-11-16-19-10-12(2)23-16)21-14-8-9-22-15-7-5-4-6-13(14)15/h4-7,10,14H,3,8-9,11H2,1-2H3,(H2,18,20,21). The van der Waals surface area contributed by atoms with Crippen LogP contribution in [0.4, 0.5) is 0 Å². The molecule has 0 aliphatic carbocycles. The molecule has 0 radical (unpaired) electrons. The number of benzene rings is 1. The second kappa shape index (κ2) is 7.46. The molecular weight excluding hydrogens is 308 g/mol. The predicted molar refractivity (Wildman–Crippen MR) is 94.1 cm³/mol. The van der Waals surface area contributed by atoms with Gasteiger partial charge in [-0.15, -0.1) is 11.3 Å². The summed E-state index contributed by atoms with van der Waals surface area (Å²) in [7, 11) is 0. The van der Waals surface area contributed by atoms with Crippen LogP contribution in [0.1, 0.15) is 34.8 Å². The second-order valence-corrected chi connectivity index (χ2v) is 6.75. The number of nitrogens with one attached hydrogen (secondary N) is 2. The molecule has 0 saturated carbocycles. The summed E-state index contributed by atoms with van der Waals surface area (Å²) in [6, 6.07) is 8.40. The third-order valence-corrected chi connectivity index (χ3v) is 4.55. The molecule has 0 bridgehead atoms. The van der Waals surface area contributed by atoms with Crippen LogP contribution >= 0.6 is 11.3 Å². The van der Waals surface area contributed by atoms with E-state index in [2.05, 4.69) is 40.5 Å². The molecule has 1 atom stereocenters. The van der Waals surface area contributed by atoms with E-state index in [0.717, 1.165) is 36.3 Å². The first-order chi connectivity index (χ1) is 11.3. The normalized spacial score (nSPS) is 17.3. The fourth-order valence-electron chi connectivity index (χ4n) is 2.60. The van der Waals surface area contributed by atoms with Crippen LogP contribution in [0.3, 0.4) is 0 Å². The average molecular weight is 330 g/mol. The van der Waals surface area contributed by atoms with E-state index >= 15 is 0 Å². The lowest BCUT2D eigenvalue weighted by atomic mass is 10.0. The van der Waals surface area contributed by atoms with Crippen LogP contribution in [0, 0.1) is 6.92 Å². The van der Waals surface area contributed by atoms with Gasteiger partial charge in [0.05, 0.1) is 19.2 Å². The minimum atomic E-state index is 0.218. The van der Waals surface area contributed by atoms with E-state index in [1.54, 1.807) is 11.3 Å². The molecule has 0 saturated heterocycles. The van der Waals surface area contributed by atoms with Gasteiger partial charge in [-0.3, -0.25) is 0 Å². The topological polar surface area (TPSA) is 58.5 Å². The van der Waals surface area contributed by atoms with Crippen molar-refractivity contribution < 1.29 is 4.74 Å². The van der Waals surface area contributed by atoms with E-state index < -0.39 is 0 Å². The lowest BCUT2D eigenvalue weighted by Gasteiger charge is -2.28.